The average Bonchev–Trinajstić information content (AvgIpc) is 3.85. The van der Waals surface area contributed by atoms with Crippen LogP contribution >= 0.6 is 23.2 Å². The number of ketones is 1. The topological polar surface area (TPSA) is 112 Å². The Morgan fingerprint density at radius 2 is 1.66 bits per heavy atom. The van der Waals surface area contributed by atoms with Crippen LogP contribution in [0, 0.1) is 0 Å². The quantitative estimate of drug-likeness (QED) is 0.141. The van der Waals surface area contributed by atoms with Crippen LogP contribution in [0.25, 0.3) is 0 Å². The number of carbonyl (C=O) groups is 2. The van der Waals surface area contributed by atoms with Crippen LogP contribution in [0.1, 0.15) is 42.3 Å². The van der Waals surface area contributed by atoms with E-state index in [-0.39, 0.29) is 17.8 Å². The number of rotatable bonds is 10. The lowest BCUT2D eigenvalue weighted by atomic mass is 9.79. The van der Waals surface area contributed by atoms with Crippen LogP contribution in [-0.2, 0) is 32.0 Å². The van der Waals surface area contributed by atoms with E-state index in [1.165, 1.54) is 0 Å². The average molecular weight is 758 g/mol. The third-order valence-electron chi connectivity index (χ3n) is 9.39. The summed E-state index contributed by atoms with van der Waals surface area (Å²) in [4.78, 5) is 40.3. The molecule has 1 amide bonds. The molecule has 0 N–H and O–H groups in total. The SMILES string of the molecule is CC(=O)N1CCN(c2ccc(OC[C@H]3CO[C@](Cn4ccnc4)(c4ccc(Cl)cc4Cl)O3)cc2)CC1.CC(C)(C(=O)c1cccnc1)c1cccnc1. The first-order chi connectivity index (χ1) is 25.5. The summed E-state index contributed by atoms with van der Waals surface area (Å²) in [5.74, 6) is -0.147. The molecule has 0 unspecified atom stereocenters. The molecule has 0 bridgehead atoms. The molecule has 7 rings (SSSR count). The van der Waals surface area contributed by atoms with Crippen LogP contribution in [0.5, 0.6) is 5.75 Å². The maximum Gasteiger partial charge on any atom is 0.219 e. The zero-order chi connectivity index (χ0) is 37.4. The van der Waals surface area contributed by atoms with Crippen molar-refractivity contribution in [1.82, 2.24) is 24.4 Å². The number of hydrogen-bond donors (Lipinski definition) is 0. The molecule has 276 valence electrons. The van der Waals surface area contributed by atoms with E-state index < -0.39 is 11.2 Å². The van der Waals surface area contributed by atoms with Gasteiger partial charge < -0.3 is 28.6 Å². The molecule has 53 heavy (non-hydrogen) atoms. The van der Waals surface area contributed by atoms with Crippen molar-refractivity contribution in [2.45, 2.75) is 44.6 Å². The van der Waals surface area contributed by atoms with Gasteiger partial charge in [0.15, 0.2) is 5.78 Å². The number of pyridine rings is 2. The molecule has 2 aliphatic heterocycles. The predicted molar refractivity (Wildman–Crippen MR) is 203 cm³/mol. The van der Waals surface area contributed by atoms with Crippen LogP contribution in [0.3, 0.4) is 0 Å². The van der Waals surface area contributed by atoms with Crippen molar-refractivity contribution < 1.29 is 23.8 Å². The maximum atomic E-state index is 12.4. The second kappa shape index (κ2) is 16.9. The Morgan fingerprint density at radius 1 is 0.925 bits per heavy atom. The van der Waals surface area contributed by atoms with Gasteiger partial charge in [-0.05, 0) is 74.0 Å². The van der Waals surface area contributed by atoms with Gasteiger partial charge in [0.1, 0.15) is 18.5 Å². The molecule has 2 atom stereocenters. The number of amides is 1. The zero-order valence-corrected chi connectivity index (χ0v) is 31.4. The third-order valence-corrected chi connectivity index (χ3v) is 9.94. The van der Waals surface area contributed by atoms with Crippen molar-refractivity contribution in [2.75, 3.05) is 44.3 Å². The smallest absolute Gasteiger partial charge is 0.219 e. The lowest BCUT2D eigenvalue weighted by Crippen LogP contribution is -2.48. The van der Waals surface area contributed by atoms with Crippen molar-refractivity contribution in [3.8, 4) is 5.75 Å². The number of benzene rings is 2. The van der Waals surface area contributed by atoms with Gasteiger partial charge in [0, 0.05) is 92.1 Å². The second-order valence-electron chi connectivity index (χ2n) is 13.4. The lowest BCUT2D eigenvalue weighted by Gasteiger charge is -2.35. The van der Waals surface area contributed by atoms with E-state index in [9.17, 15) is 9.59 Å². The van der Waals surface area contributed by atoms with E-state index in [4.69, 9.17) is 37.4 Å². The summed E-state index contributed by atoms with van der Waals surface area (Å²) in [5, 5.41) is 1.02. The molecule has 2 fully saturated rings. The highest BCUT2D eigenvalue weighted by Gasteiger charge is 2.45. The number of halogens is 2. The molecule has 5 aromatic rings. The van der Waals surface area contributed by atoms with Gasteiger partial charge in [0.25, 0.3) is 0 Å². The molecule has 13 heteroatoms. The van der Waals surface area contributed by atoms with Crippen LogP contribution in [-0.4, -0.2) is 81.6 Å². The summed E-state index contributed by atoms with van der Waals surface area (Å²) in [7, 11) is 0. The largest absolute Gasteiger partial charge is 0.491 e. The Balaban J connectivity index is 0.000000236. The fourth-order valence-corrected chi connectivity index (χ4v) is 6.87. The highest BCUT2D eigenvalue weighted by Crippen LogP contribution is 2.40. The first-order valence-corrected chi connectivity index (χ1v) is 18.1. The number of nitrogens with zero attached hydrogens (tertiary/aromatic N) is 6. The number of anilines is 1. The summed E-state index contributed by atoms with van der Waals surface area (Å²) in [5.41, 5.74) is 2.77. The van der Waals surface area contributed by atoms with Gasteiger partial charge in [-0.15, -0.1) is 0 Å². The summed E-state index contributed by atoms with van der Waals surface area (Å²) in [6.45, 7) is 9.61. The van der Waals surface area contributed by atoms with Crippen LogP contribution in [0.2, 0.25) is 10.0 Å². The Labute approximate surface area is 319 Å². The zero-order valence-electron chi connectivity index (χ0n) is 29.9. The van der Waals surface area contributed by atoms with Crippen molar-refractivity contribution in [1.29, 1.82) is 0 Å². The molecule has 0 saturated carbocycles. The van der Waals surface area contributed by atoms with Gasteiger partial charge in [-0.25, -0.2) is 4.98 Å². The molecule has 11 nitrogen and oxygen atoms in total. The molecule has 0 aliphatic carbocycles. The van der Waals surface area contributed by atoms with Crippen LogP contribution < -0.4 is 9.64 Å². The van der Waals surface area contributed by atoms with Gasteiger partial charge in [-0.3, -0.25) is 19.6 Å². The first-order valence-electron chi connectivity index (χ1n) is 17.4. The molecular weight excluding hydrogens is 715 g/mol. The van der Waals surface area contributed by atoms with E-state index in [1.54, 1.807) is 68.5 Å². The number of aromatic nitrogens is 4. The number of Topliss-reactive ketones (excluding diaryl/α,β-unsaturated/α-hetero) is 1. The molecule has 2 aromatic carbocycles. The normalized spacial score (nSPS) is 18.6. The van der Waals surface area contributed by atoms with Crippen molar-refractivity contribution in [3.05, 3.63) is 137 Å². The van der Waals surface area contributed by atoms with Crippen LogP contribution in [0.15, 0.2) is 110 Å². The molecular formula is C40H42Cl2N6O5. The van der Waals surface area contributed by atoms with E-state index in [0.717, 1.165) is 43.2 Å². The first kappa shape index (κ1) is 37.9. The highest BCUT2D eigenvalue weighted by atomic mass is 35.5. The minimum absolute atomic E-state index is 0.0543. The molecule has 2 saturated heterocycles. The second-order valence-corrected chi connectivity index (χ2v) is 14.2. The Morgan fingerprint density at radius 3 is 2.28 bits per heavy atom. The van der Waals surface area contributed by atoms with Gasteiger partial charge in [-0.1, -0.05) is 35.3 Å². The summed E-state index contributed by atoms with van der Waals surface area (Å²) < 4.78 is 20.6. The standard InChI is InChI=1S/C26H28Cl2N4O4.C14H14N2O/c1-19(33)31-10-12-32(13-11-31)21-3-5-22(6-4-21)34-15-23-16-35-26(36-23,17-30-9-8-29-18-30)24-7-2-20(27)14-25(24)28;1-14(2,12-6-4-8-16-10-12)13(17)11-5-3-7-15-9-11/h2-9,14,18,23H,10-13,15-17H2,1H3;3-10H,1-2H3/t23-,26-;/m0./s1. The monoisotopic (exact) mass is 756 g/mol. The summed E-state index contributed by atoms with van der Waals surface area (Å²) >= 11 is 12.7. The molecule has 3 aromatic heterocycles. The predicted octanol–water partition coefficient (Wildman–Crippen LogP) is 6.84. The van der Waals surface area contributed by atoms with E-state index in [0.29, 0.717) is 40.9 Å². The molecule has 0 radical (unpaired) electrons. The fourth-order valence-electron chi connectivity index (χ4n) is 6.32. The number of ether oxygens (including phenoxy) is 3. The summed E-state index contributed by atoms with van der Waals surface area (Å²) in [6.07, 6.45) is 11.7. The van der Waals surface area contributed by atoms with Gasteiger partial charge in [0.2, 0.25) is 11.7 Å². The number of imidazole rings is 1. The van der Waals surface area contributed by atoms with Crippen molar-refractivity contribution >= 4 is 40.6 Å². The number of hydrogen-bond acceptors (Lipinski definition) is 9. The van der Waals surface area contributed by atoms with Gasteiger partial charge in [-0.2, -0.15) is 0 Å². The fraction of sp³-hybridized carbons (Fsp3) is 0.325. The minimum atomic E-state index is -1.08. The van der Waals surface area contributed by atoms with E-state index in [2.05, 4.69) is 19.9 Å². The lowest BCUT2D eigenvalue weighted by molar-refractivity contribution is -0.189. The number of piperazine rings is 1. The summed E-state index contributed by atoms with van der Waals surface area (Å²) in [6, 6.07) is 20.6. The van der Waals surface area contributed by atoms with Crippen molar-refractivity contribution in [2.24, 2.45) is 0 Å². The Bertz CT molecular complexity index is 1960. The third kappa shape index (κ3) is 9.23. The molecule has 5 heterocycles. The van der Waals surface area contributed by atoms with E-state index in [1.807, 2.05) is 72.0 Å². The highest BCUT2D eigenvalue weighted by molar-refractivity contribution is 6.35. The molecule has 0 spiro atoms. The number of carbonyl (C=O) groups excluding carboxylic acids is 2. The van der Waals surface area contributed by atoms with Gasteiger partial charge in [0.05, 0.1) is 29.9 Å². The Kier molecular flexibility index (Phi) is 12.1. The van der Waals surface area contributed by atoms with Crippen molar-refractivity contribution in [3.63, 3.8) is 0 Å². The minimum Gasteiger partial charge on any atom is -0.491 e. The van der Waals surface area contributed by atoms with Gasteiger partial charge >= 0.3 is 0 Å². The maximum absolute atomic E-state index is 12.4. The van der Waals surface area contributed by atoms with Crippen LogP contribution in [0.4, 0.5) is 5.69 Å². The Hall–Kier alpha value is -4.81. The molecule has 2 aliphatic rings. The van der Waals surface area contributed by atoms with E-state index >= 15 is 0 Å².